The Morgan fingerprint density at radius 1 is 1.33 bits per heavy atom. The summed E-state index contributed by atoms with van der Waals surface area (Å²) in [6.45, 7) is 4.23. The number of carbonyl (C=O) groups excluding carboxylic acids is 1. The van der Waals surface area contributed by atoms with E-state index >= 15 is 0 Å². The molecule has 1 aliphatic carbocycles. The van der Waals surface area contributed by atoms with Crippen LogP contribution < -0.4 is 0 Å². The number of benzene rings is 1. The molecule has 148 valence electrons. The Bertz CT molecular complexity index is 662. The Kier molecular flexibility index (Phi) is 6.11. The topological polar surface area (TPSA) is 81.9 Å². The molecule has 2 fully saturated rings. The van der Waals surface area contributed by atoms with E-state index in [1.54, 1.807) is 6.92 Å². The molecule has 2 aliphatic rings. The highest BCUT2D eigenvalue weighted by atomic mass is 16.6. The van der Waals surface area contributed by atoms with Crippen molar-refractivity contribution in [3.63, 3.8) is 0 Å². The first-order valence-corrected chi connectivity index (χ1v) is 9.59. The van der Waals surface area contributed by atoms with E-state index in [1.807, 2.05) is 30.3 Å². The zero-order chi connectivity index (χ0) is 19.4. The predicted molar refractivity (Wildman–Crippen MR) is 100 cm³/mol. The summed E-state index contributed by atoms with van der Waals surface area (Å²) in [5, 5.41) is 11.6. The molecule has 1 heterocycles. The smallest absolute Gasteiger partial charge is 0.326 e. The second-order valence-electron chi connectivity index (χ2n) is 7.59. The number of nitrogens with zero attached hydrogens (tertiary/aromatic N) is 2. The van der Waals surface area contributed by atoms with Crippen molar-refractivity contribution in [1.82, 2.24) is 4.90 Å². The van der Waals surface area contributed by atoms with Crippen molar-refractivity contribution < 1.29 is 19.2 Å². The molecule has 0 N–H and O–H groups in total. The molecule has 1 aliphatic heterocycles. The molecule has 1 saturated heterocycles. The maximum Gasteiger partial charge on any atom is 0.326 e. The molecule has 1 saturated carbocycles. The fourth-order valence-electron chi connectivity index (χ4n) is 4.90. The molecule has 7 nitrogen and oxygen atoms in total. The van der Waals surface area contributed by atoms with Gasteiger partial charge >= 0.3 is 5.97 Å². The summed E-state index contributed by atoms with van der Waals surface area (Å²) in [5.41, 5.74) is 0.265. The summed E-state index contributed by atoms with van der Waals surface area (Å²) in [6, 6.07) is 8.95. The highest BCUT2D eigenvalue weighted by molar-refractivity contribution is 5.81. The van der Waals surface area contributed by atoms with Crippen molar-refractivity contribution in [3.8, 4) is 0 Å². The van der Waals surface area contributed by atoms with Gasteiger partial charge in [-0.3, -0.25) is 19.8 Å². The van der Waals surface area contributed by atoms with Crippen LogP contribution >= 0.6 is 0 Å². The van der Waals surface area contributed by atoms with E-state index in [1.165, 1.54) is 7.11 Å². The number of carbonyl (C=O) groups is 1. The second-order valence-corrected chi connectivity index (χ2v) is 7.59. The van der Waals surface area contributed by atoms with Crippen LogP contribution in [-0.2, 0) is 14.3 Å². The quantitative estimate of drug-likeness (QED) is 0.431. The number of hydrogen-bond acceptors (Lipinski definition) is 6. The second kappa shape index (κ2) is 8.35. The van der Waals surface area contributed by atoms with E-state index in [4.69, 9.17) is 9.47 Å². The number of esters is 1. The zero-order valence-corrected chi connectivity index (χ0v) is 16.0. The molecule has 27 heavy (non-hydrogen) atoms. The van der Waals surface area contributed by atoms with Crippen LogP contribution in [0, 0.1) is 16.0 Å². The Morgan fingerprint density at radius 2 is 2.00 bits per heavy atom. The van der Waals surface area contributed by atoms with Gasteiger partial charge in [-0.15, -0.1) is 0 Å². The number of morpholine rings is 1. The highest BCUT2D eigenvalue weighted by Crippen LogP contribution is 2.47. The minimum atomic E-state index is -0.712. The van der Waals surface area contributed by atoms with Gasteiger partial charge in [-0.25, -0.2) is 0 Å². The van der Waals surface area contributed by atoms with Crippen LogP contribution in [0.1, 0.15) is 37.7 Å². The third kappa shape index (κ3) is 3.84. The number of rotatable bonds is 6. The van der Waals surface area contributed by atoms with Crippen LogP contribution in [0.3, 0.4) is 0 Å². The Hall–Kier alpha value is -1.99. The van der Waals surface area contributed by atoms with Crippen molar-refractivity contribution in [3.05, 3.63) is 46.0 Å². The predicted octanol–water partition coefficient (Wildman–Crippen LogP) is 2.48. The van der Waals surface area contributed by atoms with Gasteiger partial charge in [-0.1, -0.05) is 30.3 Å². The molecule has 0 aromatic heterocycles. The molecule has 4 atom stereocenters. The van der Waals surface area contributed by atoms with Crippen molar-refractivity contribution in [2.45, 2.75) is 43.7 Å². The van der Waals surface area contributed by atoms with Gasteiger partial charge in [0.15, 0.2) is 0 Å². The molecule has 0 amide bonds. The third-order valence-corrected chi connectivity index (χ3v) is 6.25. The lowest BCUT2D eigenvalue weighted by molar-refractivity contribution is -0.524. The number of hydrogen-bond donors (Lipinski definition) is 0. The Labute approximate surface area is 159 Å². The average Bonchev–Trinajstić information content (AvgIpc) is 3.15. The highest BCUT2D eigenvalue weighted by Gasteiger charge is 2.54. The first kappa shape index (κ1) is 19.8. The van der Waals surface area contributed by atoms with Crippen molar-refractivity contribution in [1.29, 1.82) is 0 Å². The summed E-state index contributed by atoms with van der Waals surface area (Å²) < 4.78 is 10.6. The van der Waals surface area contributed by atoms with E-state index in [0.717, 1.165) is 12.0 Å². The molecule has 3 rings (SSSR count). The van der Waals surface area contributed by atoms with E-state index in [9.17, 15) is 14.9 Å². The van der Waals surface area contributed by atoms with Gasteiger partial charge in [-0.2, -0.15) is 0 Å². The molecule has 1 aromatic carbocycles. The zero-order valence-electron chi connectivity index (χ0n) is 16.0. The SMILES string of the molecule is COC(=O)[C@@]1(N2CCOCC2)CC[C@@H]([C@@H](c2ccccc2)[C@@H](C)[N+](=O)[O-])C1. The van der Waals surface area contributed by atoms with Gasteiger partial charge in [0.05, 0.1) is 26.2 Å². The summed E-state index contributed by atoms with van der Waals surface area (Å²) in [7, 11) is 1.42. The van der Waals surface area contributed by atoms with Crippen LogP contribution in [0.5, 0.6) is 0 Å². The van der Waals surface area contributed by atoms with Crippen LogP contribution in [-0.4, -0.2) is 60.8 Å². The minimum absolute atomic E-state index is 0.0507. The molecular formula is C20H28N2O5. The first-order chi connectivity index (χ1) is 13.0. The number of nitro groups is 1. The Balaban J connectivity index is 1.91. The fraction of sp³-hybridized carbons (Fsp3) is 0.650. The van der Waals surface area contributed by atoms with Crippen molar-refractivity contribution >= 4 is 5.97 Å². The van der Waals surface area contributed by atoms with Gasteiger partial charge in [0.2, 0.25) is 6.04 Å². The van der Waals surface area contributed by atoms with Gasteiger partial charge in [-0.05, 0) is 30.7 Å². The van der Waals surface area contributed by atoms with Gasteiger partial charge in [0.1, 0.15) is 5.54 Å². The van der Waals surface area contributed by atoms with Gasteiger partial charge < -0.3 is 9.47 Å². The van der Waals surface area contributed by atoms with Crippen LogP contribution in [0.15, 0.2) is 30.3 Å². The van der Waals surface area contributed by atoms with Crippen molar-refractivity contribution in [2.75, 3.05) is 33.4 Å². The number of methoxy groups -OCH3 is 1. The van der Waals surface area contributed by atoms with Crippen LogP contribution in [0.2, 0.25) is 0 Å². The molecule has 0 spiro atoms. The van der Waals surface area contributed by atoms with E-state index in [0.29, 0.717) is 39.1 Å². The molecule has 7 heteroatoms. The van der Waals surface area contributed by atoms with Gasteiger partial charge in [0.25, 0.3) is 0 Å². The lowest BCUT2D eigenvalue weighted by Gasteiger charge is -2.41. The maximum absolute atomic E-state index is 12.8. The van der Waals surface area contributed by atoms with E-state index < -0.39 is 11.6 Å². The summed E-state index contributed by atoms with van der Waals surface area (Å²) in [4.78, 5) is 26.4. The molecule has 1 aromatic rings. The largest absolute Gasteiger partial charge is 0.468 e. The van der Waals surface area contributed by atoms with E-state index in [2.05, 4.69) is 4.90 Å². The van der Waals surface area contributed by atoms with Crippen molar-refractivity contribution in [2.24, 2.45) is 5.92 Å². The average molecular weight is 376 g/mol. The molecular weight excluding hydrogens is 348 g/mol. The van der Waals surface area contributed by atoms with E-state index in [-0.39, 0.29) is 22.7 Å². The summed E-state index contributed by atoms with van der Waals surface area (Å²) in [5.74, 6) is -0.406. The molecule has 0 bridgehead atoms. The normalized spacial score (nSPS) is 28.4. The molecule has 0 unspecified atom stereocenters. The summed E-state index contributed by atoms with van der Waals surface area (Å²) >= 11 is 0. The van der Waals surface area contributed by atoms with Gasteiger partial charge in [0, 0.05) is 24.9 Å². The van der Waals surface area contributed by atoms with Crippen LogP contribution in [0.25, 0.3) is 0 Å². The lowest BCUT2D eigenvalue weighted by atomic mass is 9.79. The third-order valence-electron chi connectivity index (χ3n) is 6.25. The lowest BCUT2D eigenvalue weighted by Crippen LogP contribution is -2.57. The number of ether oxygens (including phenoxy) is 2. The maximum atomic E-state index is 12.8. The Morgan fingerprint density at radius 3 is 2.59 bits per heavy atom. The fourth-order valence-corrected chi connectivity index (χ4v) is 4.90. The first-order valence-electron chi connectivity index (χ1n) is 9.59. The standard InChI is InChI=1S/C20H28N2O5/c1-15(22(24)25)18(16-6-4-3-5-7-16)17-8-9-20(14-17,19(23)26-2)21-10-12-27-13-11-21/h3-7,15,17-18H,8-14H2,1-2H3/t15-,17-,18-,20-/m1/s1. The monoisotopic (exact) mass is 376 g/mol. The summed E-state index contributed by atoms with van der Waals surface area (Å²) in [6.07, 6.45) is 2.01. The minimum Gasteiger partial charge on any atom is -0.468 e. The molecule has 0 radical (unpaired) electrons. The van der Waals surface area contributed by atoms with Crippen LogP contribution in [0.4, 0.5) is 0 Å².